The second-order valence-corrected chi connectivity index (χ2v) is 4.04. The van der Waals surface area contributed by atoms with Crippen LogP contribution in [0.5, 0.6) is 5.75 Å². The van der Waals surface area contributed by atoms with E-state index in [-0.39, 0.29) is 0 Å². The van der Waals surface area contributed by atoms with Crippen LogP contribution in [0.15, 0.2) is 16.6 Å². The fourth-order valence-corrected chi connectivity index (χ4v) is 1.91. The second kappa shape index (κ2) is 4.63. The number of hydrogen-bond donors (Lipinski definition) is 2. The summed E-state index contributed by atoms with van der Waals surface area (Å²) in [6.45, 7) is 2.55. The molecule has 72 valence electrons. The predicted octanol–water partition coefficient (Wildman–Crippen LogP) is 2.35. The van der Waals surface area contributed by atoms with Crippen LogP contribution in [0.25, 0.3) is 0 Å². The highest BCUT2D eigenvalue weighted by Crippen LogP contribution is 2.27. The molecule has 0 saturated carbocycles. The second-order valence-electron chi connectivity index (χ2n) is 3.12. The summed E-state index contributed by atoms with van der Waals surface area (Å²) in [6.07, 6.45) is 1.74. The van der Waals surface area contributed by atoms with Crippen LogP contribution in [0.1, 0.15) is 17.5 Å². The lowest BCUT2D eigenvalue weighted by Crippen LogP contribution is -2.00. The smallest absolute Gasteiger partial charge is 0.121 e. The van der Waals surface area contributed by atoms with Gasteiger partial charge in [0, 0.05) is 4.47 Å². The summed E-state index contributed by atoms with van der Waals surface area (Å²) < 4.78 is 1.01. The molecule has 0 aliphatic carbocycles. The van der Waals surface area contributed by atoms with E-state index in [1.807, 2.05) is 19.1 Å². The van der Waals surface area contributed by atoms with Gasteiger partial charge in [-0.2, -0.15) is 0 Å². The van der Waals surface area contributed by atoms with E-state index in [2.05, 4.69) is 15.9 Å². The van der Waals surface area contributed by atoms with Crippen molar-refractivity contribution in [3.05, 3.63) is 27.7 Å². The van der Waals surface area contributed by atoms with Gasteiger partial charge in [0.25, 0.3) is 0 Å². The number of aryl methyl sites for hydroxylation is 2. The molecule has 1 rings (SSSR count). The molecule has 0 spiro atoms. The summed E-state index contributed by atoms with van der Waals surface area (Å²) in [5, 5.41) is 9.69. The van der Waals surface area contributed by atoms with Gasteiger partial charge in [-0.1, -0.05) is 15.9 Å². The molecular formula is C10H14BrNO. The van der Waals surface area contributed by atoms with Crippen LogP contribution in [0.2, 0.25) is 0 Å². The summed E-state index contributed by atoms with van der Waals surface area (Å²) in [5.74, 6) is 0.400. The maximum Gasteiger partial charge on any atom is 0.121 e. The fourth-order valence-electron chi connectivity index (χ4n) is 1.29. The SMILES string of the molecule is Cc1cc(Br)cc(CCCN)c1O. The number of halogens is 1. The van der Waals surface area contributed by atoms with Crippen molar-refractivity contribution in [3.8, 4) is 5.75 Å². The average Bonchev–Trinajstić information content (AvgIpc) is 2.09. The van der Waals surface area contributed by atoms with Crippen LogP contribution in [-0.2, 0) is 6.42 Å². The number of benzene rings is 1. The van der Waals surface area contributed by atoms with E-state index in [4.69, 9.17) is 5.73 Å². The Kier molecular flexibility index (Phi) is 3.75. The predicted molar refractivity (Wildman–Crippen MR) is 57.9 cm³/mol. The monoisotopic (exact) mass is 243 g/mol. The van der Waals surface area contributed by atoms with Gasteiger partial charge in [0.1, 0.15) is 5.75 Å². The van der Waals surface area contributed by atoms with Gasteiger partial charge in [0.2, 0.25) is 0 Å². The molecule has 0 aliphatic rings. The maximum atomic E-state index is 9.69. The Labute approximate surface area is 86.9 Å². The Hall–Kier alpha value is -0.540. The molecule has 0 aliphatic heterocycles. The molecule has 0 atom stereocenters. The Morgan fingerprint density at radius 3 is 2.77 bits per heavy atom. The van der Waals surface area contributed by atoms with Crippen LogP contribution in [0.3, 0.4) is 0 Å². The maximum absolute atomic E-state index is 9.69. The summed E-state index contributed by atoms with van der Waals surface area (Å²) >= 11 is 3.40. The average molecular weight is 244 g/mol. The lowest BCUT2D eigenvalue weighted by Gasteiger charge is -2.07. The van der Waals surface area contributed by atoms with Crippen LogP contribution in [0, 0.1) is 6.92 Å². The van der Waals surface area contributed by atoms with E-state index in [1.165, 1.54) is 0 Å². The van der Waals surface area contributed by atoms with Gasteiger partial charge in [-0.15, -0.1) is 0 Å². The van der Waals surface area contributed by atoms with Gasteiger partial charge in [-0.05, 0) is 49.6 Å². The van der Waals surface area contributed by atoms with E-state index < -0.39 is 0 Å². The highest BCUT2D eigenvalue weighted by molar-refractivity contribution is 9.10. The molecule has 1 aromatic carbocycles. The zero-order valence-electron chi connectivity index (χ0n) is 7.68. The largest absolute Gasteiger partial charge is 0.507 e. The molecule has 0 radical (unpaired) electrons. The summed E-state index contributed by atoms with van der Waals surface area (Å²) in [5.41, 5.74) is 7.28. The van der Waals surface area contributed by atoms with Gasteiger partial charge in [0.05, 0.1) is 0 Å². The quantitative estimate of drug-likeness (QED) is 0.857. The molecule has 0 heterocycles. The summed E-state index contributed by atoms with van der Waals surface area (Å²) in [4.78, 5) is 0. The van der Waals surface area contributed by atoms with E-state index in [1.54, 1.807) is 0 Å². The normalized spacial score (nSPS) is 10.4. The Balaban J connectivity index is 2.92. The topological polar surface area (TPSA) is 46.2 Å². The molecule has 2 nitrogen and oxygen atoms in total. The first-order valence-corrected chi connectivity index (χ1v) is 5.12. The van der Waals surface area contributed by atoms with Crippen LogP contribution in [0.4, 0.5) is 0 Å². The van der Waals surface area contributed by atoms with Crippen molar-refractivity contribution in [2.75, 3.05) is 6.54 Å². The molecular weight excluding hydrogens is 230 g/mol. The van der Waals surface area contributed by atoms with E-state index >= 15 is 0 Å². The minimum absolute atomic E-state index is 0.400. The number of nitrogens with two attached hydrogens (primary N) is 1. The fraction of sp³-hybridized carbons (Fsp3) is 0.400. The third kappa shape index (κ3) is 2.71. The van der Waals surface area contributed by atoms with Crippen molar-refractivity contribution in [3.63, 3.8) is 0 Å². The molecule has 0 aromatic heterocycles. The van der Waals surface area contributed by atoms with Gasteiger partial charge < -0.3 is 10.8 Å². The number of rotatable bonds is 3. The van der Waals surface area contributed by atoms with E-state index in [0.717, 1.165) is 28.4 Å². The van der Waals surface area contributed by atoms with Crippen molar-refractivity contribution in [1.29, 1.82) is 0 Å². The zero-order valence-corrected chi connectivity index (χ0v) is 9.26. The highest BCUT2D eigenvalue weighted by atomic mass is 79.9. The standard InChI is InChI=1S/C10H14BrNO/c1-7-5-9(11)6-8(10(7)13)3-2-4-12/h5-6,13H,2-4,12H2,1H3. The number of phenols is 1. The van der Waals surface area contributed by atoms with Crippen LogP contribution in [-0.4, -0.2) is 11.7 Å². The first kappa shape index (κ1) is 10.5. The van der Waals surface area contributed by atoms with Gasteiger partial charge >= 0.3 is 0 Å². The van der Waals surface area contributed by atoms with Crippen molar-refractivity contribution < 1.29 is 5.11 Å². The van der Waals surface area contributed by atoms with E-state index in [9.17, 15) is 5.11 Å². The molecule has 13 heavy (non-hydrogen) atoms. The number of hydrogen-bond acceptors (Lipinski definition) is 2. The lowest BCUT2D eigenvalue weighted by atomic mass is 10.1. The molecule has 0 fully saturated rings. The Morgan fingerprint density at radius 1 is 1.46 bits per heavy atom. The molecule has 3 N–H and O–H groups in total. The molecule has 0 saturated heterocycles. The third-order valence-electron chi connectivity index (χ3n) is 1.99. The Morgan fingerprint density at radius 2 is 2.15 bits per heavy atom. The molecule has 0 bridgehead atoms. The van der Waals surface area contributed by atoms with Crippen molar-refractivity contribution >= 4 is 15.9 Å². The van der Waals surface area contributed by atoms with Gasteiger partial charge in [-0.25, -0.2) is 0 Å². The minimum Gasteiger partial charge on any atom is -0.507 e. The first-order chi connectivity index (χ1) is 6.15. The highest BCUT2D eigenvalue weighted by Gasteiger charge is 2.04. The molecule has 3 heteroatoms. The number of phenolic OH excluding ortho intramolecular Hbond substituents is 1. The van der Waals surface area contributed by atoms with E-state index in [0.29, 0.717) is 12.3 Å². The van der Waals surface area contributed by atoms with Crippen LogP contribution >= 0.6 is 15.9 Å². The molecule has 1 aromatic rings. The lowest BCUT2D eigenvalue weighted by molar-refractivity contribution is 0.463. The van der Waals surface area contributed by atoms with Crippen molar-refractivity contribution in [1.82, 2.24) is 0 Å². The van der Waals surface area contributed by atoms with Crippen LogP contribution < -0.4 is 5.73 Å². The summed E-state index contributed by atoms with van der Waals surface area (Å²) in [6, 6.07) is 3.85. The molecule has 0 unspecified atom stereocenters. The molecule has 0 amide bonds. The summed E-state index contributed by atoms with van der Waals surface area (Å²) in [7, 11) is 0. The van der Waals surface area contributed by atoms with Gasteiger partial charge in [-0.3, -0.25) is 0 Å². The zero-order chi connectivity index (χ0) is 9.84. The number of aromatic hydroxyl groups is 1. The third-order valence-corrected chi connectivity index (χ3v) is 2.45. The minimum atomic E-state index is 0.400. The van der Waals surface area contributed by atoms with Crippen molar-refractivity contribution in [2.24, 2.45) is 5.73 Å². The van der Waals surface area contributed by atoms with Crippen molar-refractivity contribution in [2.45, 2.75) is 19.8 Å². The first-order valence-electron chi connectivity index (χ1n) is 4.33. The Bertz CT molecular complexity index is 299. The van der Waals surface area contributed by atoms with Gasteiger partial charge in [0.15, 0.2) is 0 Å².